The highest BCUT2D eigenvalue weighted by atomic mass is 15.2. The summed E-state index contributed by atoms with van der Waals surface area (Å²) in [5, 5.41) is 3.47. The zero-order chi connectivity index (χ0) is 12.7. The van der Waals surface area contributed by atoms with Crippen molar-refractivity contribution in [3.05, 3.63) is 23.9 Å². The summed E-state index contributed by atoms with van der Waals surface area (Å²) in [5.74, 6) is 1.05. The Morgan fingerprint density at radius 3 is 2.59 bits per heavy atom. The van der Waals surface area contributed by atoms with Gasteiger partial charge in [0.1, 0.15) is 5.82 Å². The third-order valence-electron chi connectivity index (χ3n) is 2.92. The lowest BCUT2D eigenvalue weighted by atomic mass is 10.1. The van der Waals surface area contributed by atoms with Crippen molar-refractivity contribution in [3.8, 4) is 0 Å². The molecule has 96 valence electrons. The summed E-state index contributed by atoms with van der Waals surface area (Å²) in [5.41, 5.74) is 1.26. The molecular formula is C14H25N3. The summed E-state index contributed by atoms with van der Waals surface area (Å²) in [6.07, 6.45) is 4.29. The highest BCUT2D eigenvalue weighted by Gasteiger charge is 2.06. The Morgan fingerprint density at radius 2 is 2.06 bits per heavy atom. The van der Waals surface area contributed by atoms with Gasteiger partial charge in [0.05, 0.1) is 0 Å². The van der Waals surface area contributed by atoms with Crippen LogP contribution in [0.3, 0.4) is 0 Å². The van der Waals surface area contributed by atoms with Crippen molar-refractivity contribution in [1.82, 2.24) is 10.3 Å². The average molecular weight is 235 g/mol. The van der Waals surface area contributed by atoms with E-state index in [0.717, 1.165) is 31.7 Å². The fourth-order valence-corrected chi connectivity index (χ4v) is 1.81. The van der Waals surface area contributed by atoms with Gasteiger partial charge < -0.3 is 10.2 Å². The molecule has 0 saturated carbocycles. The van der Waals surface area contributed by atoms with Gasteiger partial charge in [-0.3, -0.25) is 0 Å². The van der Waals surface area contributed by atoms with Gasteiger partial charge in [-0.2, -0.15) is 0 Å². The molecule has 0 aromatic carbocycles. The average Bonchev–Trinajstić information content (AvgIpc) is 2.36. The number of rotatable bonds is 7. The minimum atomic E-state index is 0.382. The Labute approximate surface area is 105 Å². The van der Waals surface area contributed by atoms with E-state index in [9.17, 15) is 0 Å². The van der Waals surface area contributed by atoms with Crippen molar-refractivity contribution in [3.63, 3.8) is 0 Å². The van der Waals surface area contributed by atoms with Gasteiger partial charge in [0.15, 0.2) is 0 Å². The lowest BCUT2D eigenvalue weighted by Crippen LogP contribution is -2.21. The van der Waals surface area contributed by atoms with Gasteiger partial charge >= 0.3 is 0 Å². The van der Waals surface area contributed by atoms with E-state index in [1.165, 1.54) is 5.56 Å². The Balaban J connectivity index is 2.60. The van der Waals surface area contributed by atoms with Crippen molar-refractivity contribution < 1.29 is 0 Å². The summed E-state index contributed by atoms with van der Waals surface area (Å²) >= 11 is 0. The monoisotopic (exact) mass is 235 g/mol. The lowest BCUT2D eigenvalue weighted by molar-refractivity contribution is 0.569. The SMILES string of the molecule is CCCNC(C)c1ccc(N(C)CCC)nc1. The number of anilines is 1. The Kier molecular flexibility index (Phi) is 5.98. The number of aromatic nitrogens is 1. The first-order valence-electron chi connectivity index (χ1n) is 6.59. The summed E-state index contributed by atoms with van der Waals surface area (Å²) < 4.78 is 0. The molecule has 17 heavy (non-hydrogen) atoms. The van der Waals surface area contributed by atoms with Crippen LogP contribution in [0.25, 0.3) is 0 Å². The third kappa shape index (κ3) is 4.35. The molecular weight excluding hydrogens is 210 g/mol. The predicted molar refractivity (Wildman–Crippen MR) is 74.5 cm³/mol. The van der Waals surface area contributed by atoms with Crippen LogP contribution >= 0.6 is 0 Å². The molecule has 0 aliphatic rings. The van der Waals surface area contributed by atoms with Crippen molar-refractivity contribution >= 4 is 5.82 Å². The minimum Gasteiger partial charge on any atom is -0.360 e. The molecule has 1 atom stereocenters. The summed E-state index contributed by atoms with van der Waals surface area (Å²) in [7, 11) is 2.09. The van der Waals surface area contributed by atoms with Crippen molar-refractivity contribution in [2.75, 3.05) is 25.0 Å². The van der Waals surface area contributed by atoms with E-state index in [-0.39, 0.29) is 0 Å². The molecule has 0 spiro atoms. The van der Waals surface area contributed by atoms with Gasteiger partial charge in [-0.15, -0.1) is 0 Å². The second-order valence-corrected chi connectivity index (χ2v) is 4.55. The molecule has 0 amide bonds. The topological polar surface area (TPSA) is 28.2 Å². The minimum absolute atomic E-state index is 0.382. The molecule has 3 heteroatoms. The van der Waals surface area contributed by atoms with Crippen LogP contribution in [0.5, 0.6) is 0 Å². The van der Waals surface area contributed by atoms with Crippen LogP contribution in [-0.2, 0) is 0 Å². The van der Waals surface area contributed by atoms with E-state index in [4.69, 9.17) is 0 Å². The quantitative estimate of drug-likeness (QED) is 0.787. The van der Waals surface area contributed by atoms with Crippen molar-refractivity contribution in [1.29, 1.82) is 0 Å². The Bertz CT molecular complexity index is 308. The highest BCUT2D eigenvalue weighted by molar-refractivity contribution is 5.38. The summed E-state index contributed by atoms with van der Waals surface area (Å²) in [6.45, 7) is 8.65. The molecule has 0 fully saturated rings. The zero-order valence-electron chi connectivity index (χ0n) is 11.5. The van der Waals surface area contributed by atoms with Gasteiger partial charge in [0, 0.05) is 25.8 Å². The van der Waals surface area contributed by atoms with E-state index in [1.54, 1.807) is 0 Å². The highest BCUT2D eigenvalue weighted by Crippen LogP contribution is 2.15. The maximum atomic E-state index is 4.51. The van der Waals surface area contributed by atoms with Crippen LogP contribution in [0.4, 0.5) is 5.82 Å². The molecule has 1 aromatic rings. The van der Waals surface area contributed by atoms with Crippen LogP contribution in [0, 0.1) is 0 Å². The van der Waals surface area contributed by atoms with E-state index in [2.05, 4.69) is 55.2 Å². The molecule has 3 nitrogen and oxygen atoms in total. The molecule has 0 saturated heterocycles. The number of hydrogen-bond acceptors (Lipinski definition) is 3. The standard InChI is InChI=1S/C14H25N3/c1-5-9-15-12(3)13-7-8-14(16-11-13)17(4)10-6-2/h7-8,11-12,15H,5-6,9-10H2,1-4H3. The number of pyridine rings is 1. The van der Waals surface area contributed by atoms with E-state index < -0.39 is 0 Å². The third-order valence-corrected chi connectivity index (χ3v) is 2.92. The Hall–Kier alpha value is -1.09. The maximum Gasteiger partial charge on any atom is 0.128 e. The summed E-state index contributed by atoms with van der Waals surface area (Å²) in [4.78, 5) is 6.70. The molecule has 0 radical (unpaired) electrons. The molecule has 1 unspecified atom stereocenters. The van der Waals surface area contributed by atoms with Crippen LogP contribution in [0.2, 0.25) is 0 Å². The van der Waals surface area contributed by atoms with Crippen LogP contribution in [0.1, 0.15) is 45.2 Å². The first kappa shape index (κ1) is 14.0. The molecule has 1 heterocycles. The van der Waals surface area contributed by atoms with Gasteiger partial charge in [-0.1, -0.05) is 19.9 Å². The van der Waals surface area contributed by atoms with Gasteiger partial charge in [-0.25, -0.2) is 4.98 Å². The van der Waals surface area contributed by atoms with E-state index in [0.29, 0.717) is 6.04 Å². The van der Waals surface area contributed by atoms with Crippen LogP contribution in [0.15, 0.2) is 18.3 Å². The maximum absolute atomic E-state index is 4.51. The number of nitrogens with zero attached hydrogens (tertiary/aromatic N) is 2. The Morgan fingerprint density at radius 1 is 1.29 bits per heavy atom. The smallest absolute Gasteiger partial charge is 0.128 e. The van der Waals surface area contributed by atoms with Crippen molar-refractivity contribution in [2.24, 2.45) is 0 Å². The normalized spacial score (nSPS) is 12.5. The fourth-order valence-electron chi connectivity index (χ4n) is 1.81. The summed E-state index contributed by atoms with van der Waals surface area (Å²) in [6, 6.07) is 4.66. The molecule has 0 bridgehead atoms. The molecule has 1 aromatic heterocycles. The second-order valence-electron chi connectivity index (χ2n) is 4.55. The number of hydrogen-bond donors (Lipinski definition) is 1. The van der Waals surface area contributed by atoms with Crippen LogP contribution < -0.4 is 10.2 Å². The molecule has 1 rings (SSSR count). The fraction of sp³-hybridized carbons (Fsp3) is 0.643. The second kappa shape index (κ2) is 7.28. The lowest BCUT2D eigenvalue weighted by Gasteiger charge is -2.18. The zero-order valence-corrected chi connectivity index (χ0v) is 11.5. The van der Waals surface area contributed by atoms with Gasteiger partial charge in [0.2, 0.25) is 0 Å². The predicted octanol–water partition coefficient (Wildman–Crippen LogP) is 2.99. The van der Waals surface area contributed by atoms with Gasteiger partial charge in [0.25, 0.3) is 0 Å². The van der Waals surface area contributed by atoms with E-state index >= 15 is 0 Å². The molecule has 0 aliphatic carbocycles. The molecule has 1 N–H and O–H groups in total. The largest absolute Gasteiger partial charge is 0.360 e. The molecule has 0 aliphatic heterocycles. The first-order valence-corrected chi connectivity index (χ1v) is 6.59. The van der Waals surface area contributed by atoms with Crippen LogP contribution in [-0.4, -0.2) is 25.1 Å². The van der Waals surface area contributed by atoms with E-state index in [1.807, 2.05) is 6.20 Å². The first-order chi connectivity index (χ1) is 8.19. The van der Waals surface area contributed by atoms with Gasteiger partial charge in [-0.05, 0) is 37.9 Å². The van der Waals surface area contributed by atoms with Crippen molar-refractivity contribution in [2.45, 2.75) is 39.7 Å². The number of nitrogens with one attached hydrogen (secondary N) is 1.